The van der Waals surface area contributed by atoms with Gasteiger partial charge in [-0.3, -0.25) is 0 Å². The second-order valence-corrected chi connectivity index (χ2v) is 5.78. The topological polar surface area (TPSA) is 21.3 Å². The van der Waals surface area contributed by atoms with Gasteiger partial charge in [-0.2, -0.15) is 13.2 Å². The fourth-order valence-electron chi connectivity index (χ4n) is 1.47. The molecule has 1 aromatic carbocycles. The Bertz CT molecular complexity index is 432. The van der Waals surface area contributed by atoms with Crippen LogP contribution in [0.1, 0.15) is 25.8 Å². The Morgan fingerprint density at radius 3 is 2.37 bits per heavy atom. The third-order valence-electron chi connectivity index (χ3n) is 2.83. The zero-order chi connectivity index (χ0) is 14.7. The van der Waals surface area contributed by atoms with Gasteiger partial charge in [0.05, 0.1) is 11.2 Å². The molecule has 0 aliphatic carbocycles. The van der Waals surface area contributed by atoms with Gasteiger partial charge in [-0.1, -0.05) is 15.9 Å². The Balaban J connectivity index is 2.72. The van der Waals surface area contributed by atoms with Crippen molar-refractivity contribution in [3.05, 3.63) is 28.2 Å². The van der Waals surface area contributed by atoms with Gasteiger partial charge < -0.3 is 10.1 Å². The summed E-state index contributed by atoms with van der Waals surface area (Å²) in [5.74, 6) is 0. The second kappa shape index (κ2) is 6.13. The third-order valence-corrected chi connectivity index (χ3v) is 3.29. The average molecular weight is 340 g/mol. The molecule has 0 aromatic heterocycles. The van der Waals surface area contributed by atoms with Crippen LogP contribution in [0.4, 0.5) is 18.9 Å². The van der Waals surface area contributed by atoms with Gasteiger partial charge in [0.25, 0.3) is 0 Å². The summed E-state index contributed by atoms with van der Waals surface area (Å²) >= 11 is 3.09. The summed E-state index contributed by atoms with van der Waals surface area (Å²) in [6, 6.07) is 3.78. The first-order chi connectivity index (χ1) is 8.64. The first-order valence-electron chi connectivity index (χ1n) is 5.81. The van der Waals surface area contributed by atoms with Gasteiger partial charge in [0.1, 0.15) is 0 Å². The van der Waals surface area contributed by atoms with E-state index in [4.69, 9.17) is 4.74 Å². The van der Waals surface area contributed by atoms with Crippen molar-refractivity contribution in [1.29, 1.82) is 0 Å². The van der Waals surface area contributed by atoms with Crippen LogP contribution in [0.5, 0.6) is 0 Å². The highest BCUT2D eigenvalue weighted by molar-refractivity contribution is 9.10. The maximum Gasteiger partial charge on any atom is 0.416 e. The second-order valence-electron chi connectivity index (χ2n) is 4.87. The van der Waals surface area contributed by atoms with E-state index >= 15 is 0 Å². The van der Waals surface area contributed by atoms with Crippen LogP contribution in [-0.2, 0) is 10.9 Å². The zero-order valence-electron chi connectivity index (χ0n) is 11.1. The van der Waals surface area contributed by atoms with Crippen molar-refractivity contribution >= 4 is 21.6 Å². The fraction of sp³-hybridized carbons (Fsp3) is 0.538. The van der Waals surface area contributed by atoms with Crippen LogP contribution < -0.4 is 5.32 Å². The number of benzene rings is 1. The summed E-state index contributed by atoms with van der Waals surface area (Å²) in [6.07, 6.45) is -3.65. The molecule has 108 valence electrons. The lowest BCUT2D eigenvalue weighted by molar-refractivity contribution is -0.137. The molecule has 0 radical (unpaired) electrons. The summed E-state index contributed by atoms with van der Waals surface area (Å²) in [6.45, 7) is 4.39. The predicted molar refractivity (Wildman–Crippen MR) is 73.3 cm³/mol. The predicted octanol–water partition coefficient (Wildman–Crippen LogP) is 4.69. The van der Waals surface area contributed by atoms with Crippen LogP contribution in [0, 0.1) is 0 Å². The van der Waals surface area contributed by atoms with E-state index < -0.39 is 11.7 Å². The van der Waals surface area contributed by atoms with Gasteiger partial charge >= 0.3 is 6.18 Å². The molecule has 0 heterocycles. The Morgan fingerprint density at radius 2 is 1.84 bits per heavy atom. The van der Waals surface area contributed by atoms with Crippen molar-refractivity contribution in [2.75, 3.05) is 19.0 Å². The summed E-state index contributed by atoms with van der Waals surface area (Å²) in [5.41, 5.74) is -0.532. The van der Waals surface area contributed by atoms with E-state index in [1.54, 1.807) is 13.2 Å². The molecule has 1 aromatic rings. The smallest absolute Gasteiger partial charge is 0.385 e. The molecule has 0 aliphatic rings. The Morgan fingerprint density at radius 1 is 1.21 bits per heavy atom. The molecule has 0 aliphatic heterocycles. The van der Waals surface area contributed by atoms with Crippen molar-refractivity contribution < 1.29 is 17.9 Å². The van der Waals surface area contributed by atoms with Crippen molar-refractivity contribution in [3.8, 4) is 0 Å². The maximum atomic E-state index is 12.6. The quantitative estimate of drug-likeness (QED) is 0.839. The lowest BCUT2D eigenvalue weighted by Gasteiger charge is -2.23. The number of hydrogen-bond donors (Lipinski definition) is 1. The molecule has 0 saturated heterocycles. The van der Waals surface area contributed by atoms with Crippen LogP contribution in [0.3, 0.4) is 0 Å². The summed E-state index contributed by atoms with van der Waals surface area (Å²) < 4.78 is 43.6. The largest absolute Gasteiger partial charge is 0.416 e. The molecule has 0 saturated carbocycles. The average Bonchev–Trinajstić information content (AvgIpc) is 2.27. The number of rotatable bonds is 5. The molecule has 0 amide bonds. The van der Waals surface area contributed by atoms with Crippen LogP contribution in [0.25, 0.3) is 0 Å². The molecule has 0 bridgehead atoms. The molecule has 19 heavy (non-hydrogen) atoms. The van der Waals surface area contributed by atoms with Crippen LogP contribution in [0.2, 0.25) is 0 Å². The van der Waals surface area contributed by atoms with Crippen molar-refractivity contribution in [1.82, 2.24) is 0 Å². The minimum absolute atomic E-state index is 0.300. The number of halogens is 4. The Hall–Kier alpha value is -0.750. The van der Waals surface area contributed by atoms with E-state index in [0.717, 1.165) is 12.1 Å². The van der Waals surface area contributed by atoms with Crippen LogP contribution in [0.15, 0.2) is 22.7 Å². The third kappa shape index (κ3) is 5.40. The molecule has 1 rings (SSSR count). The van der Waals surface area contributed by atoms with E-state index in [1.165, 1.54) is 0 Å². The van der Waals surface area contributed by atoms with Gasteiger partial charge in [-0.15, -0.1) is 0 Å². The number of methoxy groups -OCH3 is 1. The highest BCUT2D eigenvalue weighted by Gasteiger charge is 2.31. The van der Waals surface area contributed by atoms with Crippen LogP contribution in [-0.4, -0.2) is 19.3 Å². The summed E-state index contributed by atoms with van der Waals surface area (Å²) in [7, 11) is 1.61. The van der Waals surface area contributed by atoms with Crippen molar-refractivity contribution in [3.63, 3.8) is 0 Å². The zero-order valence-corrected chi connectivity index (χ0v) is 12.7. The molecule has 0 unspecified atom stereocenters. The summed E-state index contributed by atoms with van der Waals surface area (Å²) in [4.78, 5) is 0. The van der Waals surface area contributed by atoms with Gasteiger partial charge in [-0.25, -0.2) is 0 Å². The molecule has 2 nitrogen and oxygen atoms in total. The van der Waals surface area contributed by atoms with Crippen LogP contribution >= 0.6 is 15.9 Å². The minimum Gasteiger partial charge on any atom is -0.385 e. The maximum absolute atomic E-state index is 12.6. The van der Waals surface area contributed by atoms with Gasteiger partial charge in [-0.05, 0) is 38.5 Å². The number of hydrogen-bond acceptors (Lipinski definition) is 2. The number of alkyl halides is 3. The molecule has 1 N–H and O–H groups in total. The highest BCUT2D eigenvalue weighted by Crippen LogP contribution is 2.33. The van der Waals surface area contributed by atoms with E-state index in [-0.39, 0.29) is 5.60 Å². The number of nitrogens with one attached hydrogen (secondary N) is 1. The van der Waals surface area contributed by atoms with E-state index in [0.29, 0.717) is 23.1 Å². The first-order valence-corrected chi connectivity index (χ1v) is 6.60. The molecular formula is C13H17BrF3NO. The summed E-state index contributed by atoms with van der Waals surface area (Å²) in [5, 5.41) is 2.98. The monoisotopic (exact) mass is 339 g/mol. The lowest BCUT2D eigenvalue weighted by atomic mass is 10.1. The van der Waals surface area contributed by atoms with E-state index in [9.17, 15) is 13.2 Å². The standard InChI is InChI=1S/C13H17BrF3NO/c1-12(2,19-3)4-5-18-11-7-9(13(15,16)17)6-10(14)8-11/h6-8,18H,4-5H2,1-3H3. The fourth-order valence-corrected chi connectivity index (χ4v) is 1.96. The minimum atomic E-state index is -4.34. The SMILES string of the molecule is COC(C)(C)CCNc1cc(Br)cc(C(F)(F)F)c1. The van der Waals surface area contributed by atoms with E-state index in [2.05, 4.69) is 21.2 Å². The number of ether oxygens (including phenoxy) is 1. The molecule has 0 fully saturated rings. The van der Waals surface area contributed by atoms with Gasteiger partial charge in [0.15, 0.2) is 0 Å². The van der Waals surface area contributed by atoms with Gasteiger partial charge in [0.2, 0.25) is 0 Å². The number of anilines is 1. The highest BCUT2D eigenvalue weighted by atomic mass is 79.9. The van der Waals surface area contributed by atoms with E-state index in [1.807, 2.05) is 13.8 Å². The lowest BCUT2D eigenvalue weighted by Crippen LogP contribution is -2.25. The first kappa shape index (κ1) is 16.3. The van der Waals surface area contributed by atoms with Crippen molar-refractivity contribution in [2.45, 2.75) is 32.0 Å². The Labute approximate surface area is 119 Å². The Kier molecular flexibility index (Phi) is 5.26. The molecular weight excluding hydrogens is 323 g/mol. The van der Waals surface area contributed by atoms with Crippen molar-refractivity contribution in [2.24, 2.45) is 0 Å². The van der Waals surface area contributed by atoms with Gasteiger partial charge in [0, 0.05) is 23.8 Å². The molecule has 6 heteroatoms. The molecule has 0 atom stereocenters. The normalized spacial score (nSPS) is 12.6. The molecule has 0 spiro atoms.